The number of hydrogen-bond acceptors (Lipinski definition) is 3. The zero-order valence-corrected chi connectivity index (χ0v) is 17.7. The summed E-state index contributed by atoms with van der Waals surface area (Å²) >= 11 is 12.2. The lowest BCUT2D eigenvalue weighted by atomic mass is 10.1. The van der Waals surface area contributed by atoms with Crippen LogP contribution < -0.4 is 10.1 Å². The Morgan fingerprint density at radius 1 is 1.14 bits per heavy atom. The first-order chi connectivity index (χ1) is 13.0. The largest absolute Gasteiger partial charge is 0.494 e. The van der Waals surface area contributed by atoms with Gasteiger partial charge in [0, 0.05) is 18.1 Å². The Balaban J connectivity index is 0.00000392. The molecule has 0 fully saturated rings. The number of carboxylic acid groups (broad SMARTS) is 1. The summed E-state index contributed by atoms with van der Waals surface area (Å²) in [4.78, 5) is 10.4. The second kappa shape index (κ2) is 13.5. The van der Waals surface area contributed by atoms with Crippen LogP contribution in [-0.2, 0) is 11.2 Å². The van der Waals surface area contributed by atoms with Crippen LogP contribution in [-0.4, -0.2) is 30.8 Å². The van der Waals surface area contributed by atoms with E-state index >= 15 is 0 Å². The predicted octanol–water partition coefficient (Wildman–Crippen LogP) is 5.50. The fourth-order valence-electron chi connectivity index (χ4n) is 2.42. The number of halogens is 3. The predicted molar refractivity (Wildman–Crippen MR) is 118 cm³/mol. The summed E-state index contributed by atoms with van der Waals surface area (Å²) in [6.45, 7) is 1.64. The topological polar surface area (TPSA) is 58.6 Å². The van der Waals surface area contributed by atoms with E-state index in [1.165, 1.54) is 5.56 Å². The highest BCUT2D eigenvalue weighted by Gasteiger charge is 2.01. The molecule has 2 aromatic rings. The summed E-state index contributed by atoms with van der Waals surface area (Å²) in [5, 5.41) is 13.0. The van der Waals surface area contributed by atoms with Gasteiger partial charge in [0.2, 0.25) is 0 Å². The van der Waals surface area contributed by atoms with Crippen molar-refractivity contribution in [2.45, 2.75) is 19.3 Å². The second-order valence-corrected chi connectivity index (χ2v) is 6.86. The summed E-state index contributed by atoms with van der Waals surface area (Å²) < 4.78 is 5.76. The van der Waals surface area contributed by atoms with E-state index in [4.69, 9.17) is 33.0 Å². The molecule has 2 rings (SSSR count). The normalized spacial score (nSPS) is 10.6. The van der Waals surface area contributed by atoms with Gasteiger partial charge in [-0.2, -0.15) is 0 Å². The number of carboxylic acids is 1. The lowest BCUT2D eigenvalue weighted by Crippen LogP contribution is -2.17. The molecule has 0 aliphatic rings. The number of benzene rings is 2. The zero-order chi connectivity index (χ0) is 19.5. The van der Waals surface area contributed by atoms with Crippen LogP contribution in [0.2, 0.25) is 10.0 Å². The lowest BCUT2D eigenvalue weighted by Gasteiger charge is -2.08. The first kappa shape index (κ1) is 24.3. The number of nitrogens with one attached hydrogen (secondary N) is 1. The molecular weight excluding hydrogens is 421 g/mol. The summed E-state index contributed by atoms with van der Waals surface area (Å²) in [7, 11) is 0. The third-order valence-corrected chi connectivity index (χ3v) is 4.42. The molecule has 0 atom stereocenters. The van der Waals surface area contributed by atoms with Crippen LogP contribution in [0.25, 0.3) is 6.08 Å². The molecule has 0 saturated heterocycles. The fraction of sp³-hybridized carbons (Fsp3) is 0.286. The number of carbonyl (C=O) groups is 1. The van der Waals surface area contributed by atoms with Crippen molar-refractivity contribution in [3.63, 3.8) is 0 Å². The van der Waals surface area contributed by atoms with Crippen LogP contribution in [0.3, 0.4) is 0 Å². The molecule has 152 valence electrons. The zero-order valence-electron chi connectivity index (χ0n) is 15.4. The van der Waals surface area contributed by atoms with Gasteiger partial charge in [0.15, 0.2) is 0 Å². The van der Waals surface area contributed by atoms with Gasteiger partial charge < -0.3 is 15.2 Å². The Labute approximate surface area is 181 Å². The lowest BCUT2D eigenvalue weighted by molar-refractivity contribution is -0.136. The highest BCUT2D eigenvalue weighted by Crippen LogP contribution is 2.24. The molecule has 0 heterocycles. The van der Waals surface area contributed by atoms with Gasteiger partial charge in [0.05, 0.1) is 18.1 Å². The Morgan fingerprint density at radius 2 is 1.89 bits per heavy atom. The van der Waals surface area contributed by atoms with E-state index in [0.717, 1.165) is 29.2 Å². The molecule has 0 radical (unpaired) electrons. The monoisotopic (exact) mass is 443 g/mol. The quantitative estimate of drug-likeness (QED) is 0.449. The van der Waals surface area contributed by atoms with Crippen LogP contribution >= 0.6 is 35.6 Å². The molecule has 2 N–H and O–H groups in total. The van der Waals surface area contributed by atoms with Crippen molar-refractivity contribution < 1.29 is 14.6 Å². The average molecular weight is 445 g/mol. The van der Waals surface area contributed by atoms with Gasteiger partial charge in [-0.3, -0.25) is 4.79 Å². The molecule has 0 spiro atoms. The summed E-state index contributed by atoms with van der Waals surface area (Å²) in [6, 6.07) is 13.4. The maximum absolute atomic E-state index is 10.4. The van der Waals surface area contributed by atoms with Gasteiger partial charge in [-0.1, -0.05) is 47.5 Å². The summed E-state index contributed by atoms with van der Waals surface area (Å²) in [6.07, 6.45) is 5.76. The van der Waals surface area contributed by atoms with E-state index in [-0.39, 0.29) is 18.8 Å². The SMILES string of the molecule is Cl.O=C(O)CCNC/C=C/c1ccc(OCCCc2ccc(Cl)cc2)cc1Cl. The van der Waals surface area contributed by atoms with E-state index in [0.29, 0.717) is 24.7 Å². The molecule has 0 aromatic heterocycles. The number of rotatable bonds is 11. The molecule has 2 aromatic carbocycles. The summed E-state index contributed by atoms with van der Waals surface area (Å²) in [5.41, 5.74) is 2.13. The minimum Gasteiger partial charge on any atom is -0.494 e. The number of aliphatic carboxylic acids is 1. The Kier molecular flexibility index (Phi) is 11.7. The molecule has 0 unspecified atom stereocenters. The van der Waals surface area contributed by atoms with Crippen molar-refractivity contribution >= 4 is 47.7 Å². The van der Waals surface area contributed by atoms with E-state index in [9.17, 15) is 4.79 Å². The molecule has 0 amide bonds. The third kappa shape index (κ3) is 9.47. The number of hydrogen-bond donors (Lipinski definition) is 2. The highest BCUT2D eigenvalue weighted by atomic mass is 35.5. The molecule has 0 aliphatic heterocycles. The van der Waals surface area contributed by atoms with Crippen LogP contribution in [0.5, 0.6) is 5.75 Å². The van der Waals surface area contributed by atoms with Gasteiger partial charge in [0.1, 0.15) is 5.75 Å². The molecule has 7 heteroatoms. The molecule has 0 bridgehead atoms. The van der Waals surface area contributed by atoms with E-state index in [1.807, 2.05) is 48.6 Å². The number of ether oxygens (including phenoxy) is 1. The van der Waals surface area contributed by atoms with Crippen molar-refractivity contribution in [1.82, 2.24) is 5.32 Å². The standard InChI is InChI=1S/C21H23Cl2NO3.ClH/c22-18-8-5-16(6-9-18)3-2-14-27-19-10-7-17(20(23)15-19)4-1-12-24-13-11-21(25)26;/h1,4-10,15,24H,2-3,11-14H2,(H,25,26);1H/b4-1+;. The van der Waals surface area contributed by atoms with Crippen molar-refractivity contribution in [1.29, 1.82) is 0 Å². The molecule has 28 heavy (non-hydrogen) atoms. The van der Waals surface area contributed by atoms with Gasteiger partial charge in [-0.25, -0.2) is 0 Å². The third-order valence-electron chi connectivity index (χ3n) is 3.84. The summed E-state index contributed by atoms with van der Waals surface area (Å²) in [5.74, 6) is -0.0638. The number of aryl methyl sites for hydroxylation is 1. The van der Waals surface area contributed by atoms with Crippen molar-refractivity contribution in [3.8, 4) is 5.75 Å². The fourth-order valence-corrected chi connectivity index (χ4v) is 2.78. The van der Waals surface area contributed by atoms with Gasteiger partial charge in [-0.15, -0.1) is 12.4 Å². The molecule has 0 saturated carbocycles. The molecule has 0 aliphatic carbocycles. The van der Waals surface area contributed by atoms with Crippen LogP contribution in [0, 0.1) is 0 Å². The van der Waals surface area contributed by atoms with E-state index < -0.39 is 5.97 Å². The van der Waals surface area contributed by atoms with Crippen molar-refractivity contribution in [3.05, 3.63) is 69.7 Å². The highest BCUT2D eigenvalue weighted by molar-refractivity contribution is 6.32. The van der Waals surface area contributed by atoms with Crippen molar-refractivity contribution in [2.24, 2.45) is 0 Å². The average Bonchev–Trinajstić information content (AvgIpc) is 2.64. The van der Waals surface area contributed by atoms with Gasteiger partial charge >= 0.3 is 5.97 Å². The molecule has 4 nitrogen and oxygen atoms in total. The van der Waals surface area contributed by atoms with Gasteiger partial charge in [0.25, 0.3) is 0 Å². The van der Waals surface area contributed by atoms with Crippen LogP contribution in [0.15, 0.2) is 48.5 Å². The first-order valence-electron chi connectivity index (χ1n) is 8.80. The van der Waals surface area contributed by atoms with Crippen LogP contribution in [0.1, 0.15) is 24.0 Å². The van der Waals surface area contributed by atoms with Crippen molar-refractivity contribution in [2.75, 3.05) is 19.7 Å². The Bertz CT molecular complexity index is 764. The second-order valence-electron chi connectivity index (χ2n) is 6.01. The Hall–Kier alpha value is -1.72. The maximum Gasteiger partial charge on any atom is 0.304 e. The molecular formula is C21H24Cl3NO3. The van der Waals surface area contributed by atoms with E-state index in [2.05, 4.69) is 5.32 Å². The van der Waals surface area contributed by atoms with Crippen LogP contribution in [0.4, 0.5) is 0 Å². The Morgan fingerprint density at radius 3 is 2.57 bits per heavy atom. The minimum absolute atomic E-state index is 0. The minimum atomic E-state index is -0.807. The van der Waals surface area contributed by atoms with Gasteiger partial charge in [-0.05, 0) is 54.3 Å². The smallest absolute Gasteiger partial charge is 0.304 e. The first-order valence-corrected chi connectivity index (χ1v) is 9.56. The maximum atomic E-state index is 10.4. The van der Waals surface area contributed by atoms with E-state index in [1.54, 1.807) is 6.07 Å².